The summed E-state index contributed by atoms with van der Waals surface area (Å²) in [4.78, 5) is 52.3. The maximum absolute atomic E-state index is 13.3. The van der Waals surface area contributed by atoms with Gasteiger partial charge in [0.1, 0.15) is 5.84 Å². The number of amidine groups is 1. The Morgan fingerprint density at radius 1 is 0.936 bits per heavy atom. The molecule has 1 aromatic heterocycles. The molecular weight excluding hydrogens is 590 g/mol. The highest BCUT2D eigenvalue weighted by molar-refractivity contribution is 6.08. The predicted molar refractivity (Wildman–Crippen MR) is 187 cm³/mol. The lowest BCUT2D eigenvalue weighted by Crippen LogP contribution is -2.34. The molecule has 3 aromatic rings. The second-order valence-electron chi connectivity index (χ2n) is 12.2. The van der Waals surface area contributed by atoms with E-state index in [1.807, 2.05) is 54.3 Å². The van der Waals surface area contributed by atoms with E-state index in [-0.39, 0.29) is 24.1 Å². The lowest BCUT2D eigenvalue weighted by Gasteiger charge is -2.28. The van der Waals surface area contributed by atoms with Crippen molar-refractivity contribution in [3.63, 3.8) is 0 Å². The minimum absolute atomic E-state index is 0.0234. The third kappa shape index (κ3) is 8.51. The molecule has 47 heavy (non-hydrogen) atoms. The lowest BCUT2D eigenvalue weighted by molar-refractivity contribution is -0.127. The summed E-state index contributed by atoms with van der Waals surface area (Å²) in [5, 5.41) is 5.91. The Hall–Kier alpha value is -4.83. The van der Waals surface area contributed by atoms with Crippen LogP contribution in [0.25, 0.3) is 6.08 Å². The number of nitrogens with two attached hydrogens (primary N) is 1. The summed E-state index contributed by atoms with van der Waals surface area (Å²) in [5.74, 6) is -0.0103. The van der Waals surface area contributed by atoms with E-state index in [0.29, 0.717) is 60.1 Å². The van der Waals surface area contributed by atoms with Gasteiger partial charge in [0.2, 0.25) is 5.91 Å². The molecule has 0 unspecified atom stereocenters. The van der Waals surface area contributed by atoms with E-state index in [2.05, 4.69) is 39.4 Å². The summed E-state index contributed by atoms with van der Waals surface area (Å²) in [6, 6.07) is 15.0. The van der Waals surface area contributed by atoms with Crippen LogP contribution in [-0.2, 0) is 24.3 Å². The van der Waals surface area contributed by atoms with Gasteiger partial charge in [-0.05, 0) is 66.8 Å². The highest BCUT2D eigenvalue weighted by Gasteiger charge is 2.22. The normalized spacial score (nSPS) is 14.2. The SMILES string of the molecule is CCCNC(=O)c1ccc(CN2CCc3ncc(NC(=O)c4ccc5c(c4)N=C(N)CC(C(=O)N(CCC)CCC)=C5)cc3C2)cc1. The molecule has 2 aliphatic heterocycles. The molecule has 246 valence electrons. The number of nitrogens with one attached hydrogen (secondary N) is 2. The monoisotopic (exact) mass is 635 g/mol. The number of hydrogen-bond donors (Lipinski definition) is 3. The topological polar surface area (TPSA) is 133 Å². The first-order valence-corrected chi connectivity index (χ1v) is 16.6. The van der Waals surface area contributed by atoms with Gasteiger partial charge in [0, 0.05) is 80.1 Å². The van der Waals surface area contributed by atoms with Crippen LogP contribution in [0.2, 0.25) is 0 Å². The Balaban J connectivity index is 1.25. The summed E-state index contributed by atoms with van der Waals surface area (Å²) in [6.07, 6.45) is 7.29. The molecule has 0 radical (unpaired) electrons. The second-order valence-corrected chi connectivity index (χ2v) is 12.2. The Morgan fingerprint density at radius 3 is 2.40 bits per heavy atom. The van der Waals surface area contributed by atoms with E-state index in [1.165, 1.54) is 0 Å². The first-order valence-electron chi connectivity index (χ1n) is 16.6. The maximum atomic E-state index is 13.3. The Labute approximate surface area is 277 Å². The zero-order valence-corrected chi connectivity index (χ0v) is 27.6. The minimum atomic E-state index is -0.277. The van der Waals surface area contributed by atoms with Crippen molar-refractivity contribution in [2.75, 3.05) is 31.5 Å². The summed E-state index contributed by atoms with van der Waals surface area (Å²) in [6.45, 7) is 10.5. The van der Waals surface area contributed by atoms with Gasteiger partial charge < -0.3 is 21.3 Å². The molecule has 0 bridgehead atoms. The largest absolute Gasteiger partial charge is 0.387 e. The summed E-state index contributed by atoms with van der Waals surface area (Å²) in [5.41, 5.74) is 13.1. The summed E-state index contributed by atoms with van der Waals surface area (Å²) >= 11 is 0. The first-order chi connectivity index (χ1) is 22.8. The van der Waals surface area contributed by atoms with Crippen LogP contribution in [0.1, 0.15) is 89.6 Å². The zero-order valence-electron chi connectivity index (χ0n) is 27.6. The van der Waals surface area contributed by atoms with Crippen molar-refractivity contribution in [2.45, 2.75) is 66.0 Å². The average molecular weight is 636 g/mol. The van der Waals surface area contributed by atoms with Crippen molar-refractivity contribution in [3.8, 4) is 0 Å². The molecule has 2 aliphatic rings. The van der Waals surface area contributed by atoms with Crippen LogP contribution in [0.5, 0.6) is 0 Å². The number of carbonyl (C=O) groups is 3. The molecular formula is C37H45N7O3. The fourth-order valence-corrected chi connectivity index (χ4v) is 5.98. The van der Waals surface area contributed by atoms with Crippen LogP contribution in [0.3, 0.4) is 0 Å². The molecule has 3 amide bonds. The first kappa shape index (κ1) is 33.5. The van der Waals surface area contributed by atoms with Gasteiger partial charge in [-0.1, -0.05) is 39.0 Å². The van der Waals surface area contributed by atoms with Gasteiger partial charge in [-0.3, -0.25) is 24.3 Å². The van der Waals surface area contributed by atoms with Gasteiger partial charge in [-0.15, -0.1) is 0 Å². The molecule has 2 aromatic carbocycles. The van der Waals surface area contributed by atoms with Crippen LogP contribution >= 0.6 is 0 Å². The molecule has 0 saturated carbocycles. The van der Waals surface area contributed by atoms with Crippen LogP contribution in [0.15, 0.2) is 65.3 Å². The highest BCUT2D eigenvalue weighted by Crippen LogP contribution is 2.29. The lowest BCUT2D eigenvalue weighted by atomic mass is 10.0. The van der Waals surface area contributed by atoms with Gasteiger partial charge >= 0.3 is 0 Å². The molecule has 5 rings (SSSR count). The molecule has 0 spiro atoms. The Kier molecular flexibility index (Phi) is 11.2. The number of rotatable bonds is 12. The van der Waals surface area contributed by atoms with E-state index in [4.69, 9.17) is 5.73 Å². The average Bonchev–Trinajstić information content (AvgIpc) is 3.24. The van der Waals surface area contributed by atoms with Crippen molar-refractivity contribution >= 4 is 41.0 Å². The van der Waals surface area contributed by atoms with Crippen molar-refractivity contribution in [1.82, 2.24) is 20.1 Å². The number of hydrogen-bond acceptors (Lipinski definition) is 7. The van der Waals surface area contributed by atoms with Crippen molar-refractivity contribution < 1.29 is 14.4 Å². The summed E-state index contributed by atoms with van der Waals surface area (Å²) in [7, 11) is 0. The Bertz CT molecular complexity index is 1670. The van der Waals surface area contributed by atoms with Gasteiger partial charge in [0.05, 0.1) is 17.6 Å². The van der Waals surface area contributed by atoms with E-state index < -0.39 is 0 Å². The van der Waals surface area contributed by atoms with Crippen LogP contribution in [-0.4, -0.2) is 64.5 Å². The number of amides is 3. The minimum Gasteiger partial charge on any atom is -0.387 e. The van der Waals surface area contributed by atoms with E-state index >= 15 is 0 Å². The second kappa shape index (κ2) is 15.6. The standard InChI is InChI=1S/C37H45N7O3/c1-4-14-39-35(45)26-9-7-25(8-10-26)23-43-17-13-32-30(24-43)19-31(22-40-32)41-36(46)28-12-11-27-18-29(21-34(38)42-33(27)20-28)37(47)44(15-5-2)16-6-3/h7-12,18-20,22H,4-6,13-17,21,23-24H2,1-3H3,(H2,38,42)(H,39,45)(H,41,46). The molecule has 0 saturated heterocycles. The third-order valence-electron chi connectivity index (χ3n) is 8.34. The predicted octanol–water partition coefficient (Wildman–Crippen LogP) is 5.46. The van der Waals surface area contributed by atoms with E-state index in [1.54, 1.807) is 18.3 Å². The molecule has 0 atom stereocenters. The van der Waals surface area contributed by atoms with Crippen molar-refractivity contribution in [3.05, 3.63) is 93.8 Å². The van der Waals surface area contributed by atoms with Crippen LogP contribution < -0.4 is 16.4 Å². The molecule has 10 nitrogen and oxygen atoms in total. The van der Waals surface area contributed by atoms with Crippen molar-refractivity contribution in [2.24, 2.45) is 10.7 Å². The van der Waals surface area contributed by atoms with Crippen molar-refractivity contribution in [1.29, 1.82) is 0 Å². The molecule has 0 fully saturated rings. The number of aromatic nitrogens is 1. The fourth-order valence-electron chi connectivity index (χ4n) is 5.98. The molecule has 4 N–H and O–H groups in total. The number of anilines is 1. The molecule has 3 heterocycles. The quantitative estimate of drug-likeness (QED) is 0.242. The van der Waals surface area contributed by atoms with Crippen LogP contribution in [0.4, 0.5) is 11.4 Å². The van der Waals surface area contributed by atoms with E-state index in [0.717, 1.165) is 61.2 Å². The zero-order chi connectivity index (χ0) is 33.3. The van der Waals surface area contributed by atoms with E-state index in [9.17, 15) is 14.4 Å². The molecule has 0 aliphatic carbocycles. The van der Waals surface area contributed by atoms with Gasteiger partial charge in [-0.2, -0.15) is 0 Å². The number of fused-ring (bicyclic) bond motifs is 2. The highest BCUT2D eigenvalue weighted by atomic mass is 16.2. The number of pyridine rings is 1. The van der Waals surface area contributed by atoms with Gasteiger partial charge in [-0.25, -0.2) is 4.99 Å². The van der Waals surface area contributed by atoms with Gasteiger partial charge in [0.25, 0.3) is 11.8 Å². The maximum Gasteiger partial charge on any atom is 0.255 e. The number of benzene rings is 2. The summed E-state index contributed by atoms with van der Waals surface area (Å²) < 4.78 is 0. The number of aliphatic imine (C=N–C) groups is 1. The van der Waals surface area contributed by atoms with Gasteiger partial charge in [0.15, 0.2) is 0 Å². The number of carbonyl (C=O) groups excluding carboxylic acids is 3. The Morgan fingerprint density at radius 2 is 1.68 bits per heavy atom. The number of nitrogens with zero attached hydrogens (tertiary/aromatic N) is 4. The third-order valence-corrected chi connectivity index (χ3v) is 8.34. The fraction of sp³-hybridized carbons (Fsp3) is 0.378. The molecule has 10 heteroatoms. The smallest absolute Gasteiger partial charge is 0.255 e. The van der Waals surface area contributed by atoms with Crippen LogP contribution in [0, 0.1) is 0 Å².